The van der Waals surface area contributed by atoms with Crippen molar-refractivity contribution in [3.8, 4) is 0 Å². The molecule has 1 fully saturated rings. The fourth-order valence-electron chi connectivity index (χ4n) is 2.91. The minimum Gasteiger partial charge on any atom is -0.368 e. The van der Waals surface area contributed by atoms with E-state index in [2.05, 4.69) is 28.7 Å². The number of imidazole rings is 1. The molecule has 18 heavy (non-hydrogen) atoms. The third kappa shape index (κ3) is 2.03. The molecule has 1 aliphatic carbocycles. The Morgan fingerprint density at radius 1 is 1.67 bits per heavy atom. The third-order valence-corrected chi connectivity index (χ3v) is 4.05. The number of carbonyl (C=O) groups excluding carboxylic acids is 1. The lowest BCUT2D eigenvalue weighted by Gasteiger charge is -2.25. The summed E-state index contributed by atoms with van der Waals surface area (Å²) >= 11 is 0. The molecule has 1 aromatic rings. The topological polar surface area (TPSA) is 72.9 Å². The lowest BCUT2D eigenvalue weighted by molar-refractivity contribution is -0.124. The molecule has 1 aromatic heterocycles. The van der Waals surface area contributed by atoms with Crippen molar-refractivity contribution in [2.75, 3.05) is 7.05 Å². The van der Waals surface area contributed by atoms with Gasteiger partial charge in [-0.05, 0) is 26.3 Å². The number of primary amides is 1. The van der Waals surface area contributed by atoms with Gasteiger partial charge in [0.25, 0.3) is 0 Å². The van der Waals surface area contributed by atoms with Gasteiger partial charge in [0.2, 0.25) is 5.91 Å². The molecular formula is C13H22N4O. The maximum Gasteiger partial charge on any atom is 0.237 e. The number of nitrogens with one attached hydrogen (secondary N) is 1. The quantitative estimate of drug-likeness (QED) is 0.842. The van der Waals surface area contributed by atoms with Gasteiger partial charge < -0.3 is 15.6 Å². The molecule has 0 spiro atoms. The van der Waals surface area contributed by atoms with E-state index in [1.807, 2.05) is 19.4 Å². The van der Waals surface area contributed by atoms with Gasteiger partial charge in [0.15, 0.2) is 0 Å². The van der Waals surface area contributed by atoms with Crippen molar-refractivity contribution >= 4 is 5.91 Å². The summed E-state index contributed by atoms with van der Waals surface area (Å²) in [4.78, 5) is 16.0. The van der Waals surface area contributed by atoms with Gasteiger partial charge in [0.1, 0.15) is 5.82 Å². The number of likely N-dealkylation sites (N-methyl/N-ethyl adjacent to an activating group) is 1. The summed E-state index contributed by atoms with van der Waals surface area (Å²) in [5.41, 5.74) is 4.98. The van der Waals surface area contributed by atoms with Crippen LogP contribution < -0.4 is 11.1 Å². The van der Waals surface area contributed by atoms with Crippen LogP contribution in [0, 0.1) is 0 Å². The van der Waals surface area contributed by atoms with Crippen LogP contribution in [0.3, 0.4) is 0 Å². The van der Waals surface area contributed by atoms with E-state index in [9.17, 15) is 4.79 Å². The summed E-state index contributed by atoms with van der Waals surface area (Å²) in [6.45, 7) is 4.26. The first-order valence-corrected chi connectivity index (χ1v) is 6.51. The van der Waals surface area contributed by atoms with Gasteiger partial charge in [0, 0.05) is 24.4 Å². The van der Waals surface area contributed by atoms with Crippen molar-refractivity contribution in [3.05, 3.63) is 18.2 Å². The lowest BCUT2D eigenvalue weighted by atomic mass is 9.97. The van der Waals surface area contributed by atoms with Crippen LogP contribution in [0.1, 0.15) is 50.9 Å². The first-order valence-electron chi connectivity index (χ1n) is 6.51. The second-order valence-corrected chi connectivity index (χ2v) is 5.44. The highest BCUT2D eigenvalue weighted by atomic mass is 16.1. The van der Waals surface area contributed by atoms with Crippen LogP contribution >= 0.6 is 0 Å². The number of nitrogens with two attached hydrogens (primary N) is 1. The Morgan fingerprint density at radius 2 is 2.39 bits per heavy atom. The Labute approximate surface area is 108 Å². The van der Waals surface area contributed by atoms with Crippen molar-refractivity contribution in [1.82, 2.24) is 14.9 Å². The van der Waals surface area contributed by atoms with E-state index in [0.29, 0.717) is 12.0 Å². The summed E-state index contributed by atoms with van der Waals surface area (Å²) in [7, 11) is 1.81. The second-order valence-electron chi connectivity index (χ2n) is 5.44. The number of aromatic nitrogens is 2. The van der Waals surface area contributed by atoms with E-state index in [0.717, 1.165) is 25.1 Å². The van der Waals surface area contributed by atoms with Crippen LogP contribution in [0.2, 0.25) is 0 Å². The first kappa shape index (κ1) is 13.1. The summed E-state index contributed by atoms with van der Waals surface area (Å²) < 4.78 is 2.20. The molecule has 1 saturated carbocycles. The van der Waals surface area contributed by atoms with Gasteiger partial charge in [-0.15, -0.1) is 0 Å². The lowest BCUT2D eigenvalue weighted by Crippen LogP contribution is -2.52. The zero-order valence-electron chi connectivity index (χ0n) is 11.3. The molecule has 5 heteroatoms. The van der Waals surface area contributed by atoms with Crippen molar-refractivity contribution in [2.24, 2.45) is 5.73 Å². The van der Waals surface area contributed by atoms with Crippen LogP contribution in [-0.4, -0.2) is 28.0 Å². The van der Waals surface area contributed by atoms with Crippen LogP contribution in [-0.2, 0) is 4.79 Å². The van der Waals surface area contributed by atoms with E-state index in [-0.39, 0.29) is 5.91 Å². The van der Waals surface area contributed by atoms with Crippen LogP contribution in [0.25, 0.3) is 0 Å². The molecule has 1 amide bonds. The molecule has 0 bridgehead atoms. The molecule has 0 saturated heterocycles. The molecule has 3 N–H and O–H groups in total. The number of hydrogen-bond donors (Lipinski definition) is 2. The Morgan fingerprint density at radius 3 is 2.89 bits per heavy atom. The number of nitrogens with zero attached hydrogens (tertiary/aromatic N) is 2. The SMILES string of the molecule is CNC1(C(N)=O)CCC(n2ccnc2C(C)C)C1. The summed E-state index contributed by atoms with van der Waals surface area (Å²) in [5.74, 6) is 1.22. The predicted molar refractivity (Wildman–Crippen MR) is 70.2 cm³/mol. The summed E-state index contributed by atoms with van der Waals surface area (Å²) in [5, 5.41) is 3.11. The van der Waals surface area contributed by atoms with Gasteiger partial charge in [-0.3, -0.25) is 4.79 Å². The van der Waals surface area contributed by atoms with E-state index >= 15 is 0 Å². The largest absolute Gasteiger partial charge is 0.368 e. The monoisotopic (exact) mass is 250 g/mol. The van der Waals surface area contributed by atoms with Gasteiger partial charge in [-0.2, -0.15) is 0 Å². The molecular weight excluding hydrogens is 228 g/mol. The Hall–Kier alpha value is -1.36. The smallest absolute Gasteiger partial charge is 0.237 e. The van der Waals surface area contributed by atoms with Gasteiger partial charge >= 0.3 is 0 Å². The van der Waals surface area contributed by atoms with Crippen molar-refractivity contribution in [1.29, 1.82) is 0 Å². The van der Waals surface area contributed by atoms with Crippen LogP contribution in [0.15, 0.2) is 12.4 Å². The fourth-order valence-corrected chi connectivity index (χ4v) is 2.91. The van der Waals surface area contributed by atoms with Gasteiger partial charge in [-0.1, -0.05) is 13.8 Å². The molecule has 1 heterocycles. The molecule has 2 unspecified atom stereocenters. The number of rotatable bonds is 4. The van der Waals surface area contributed by atoms with Crippen LogP contribution in [0.4, 0.5) is 0 Å². The van der Waals surface area contributed by atoms with Crippen molar-refractivity contribution in [2.45, 2.75) is 50.6 Å². The molecule has 0 aromatic carbocycles. The normalized spacial score (nSPS) is 27.9. The highest BCUT2D eigenvalue weighted by molar-refractivity contribution is 5.85. The van der Waals surface area contributed by atoms with E-state index < -0.39 is 5.54 Å². The highest BCUT2D eigenvalue weighted by Gasteiger charge is 2.43. The molecule has 2 rings (SSSR count). The number of hydrogen-bond acceptors (Lipinski definition) is 3. The van der Waals surface area contributed by atoms with Gasteiger partial charge in [0.05, 0.1) is 5.54 Å². The minimum atomic E-state index is -0.552. The average molecular weight is 250 g/mol. The Kier molecular flexibility index (Phi) is 3.43. The molecule has 0 radical (unpaired) electrons. The molecule has 5 nitrogen and oxygen atoms in total. The summed E-state index contributed by atoms with van der Waals surface area (Å²) in [6, 6.07) is 0.310. The second kappa shape index (κ2) is 4.72. The van der Waals surface area contributed by atoms with Crippen molar-refractivity contribution < 1.29 is 4.79 Å². The zero-order valence-corrected chi connectivity index (χ0v) is 11.3. The van der Waals surface area contributed by atoms with E-state index in [1.165, 1.54) is 0 Å². The van der Waals surface area contributed by atoms with E-state index in [4.69, 9.17) is 5.73 Å². The minimum absolute atomic E-state index is 0.251. The molecule has 1 aliphatic rings. The number of carbonyl (C=O) groups is 1. The fraction of sp³-hybridized carbons (Fsp3) is 0.692. The molecule has 0 aliphatic heterocycles. The Balaban J connectivity index is 2.23. The first-order chi connectivity index (χ1) is 8.50. The van der Waals surface area contributed by atoms with Gasteiger partial charge in [-0.25, -0.2) is 4.98 Å². The maximum atomic E-state index is 11.6. The third-order valence-electron chi connectivity index (χ3n) is 4.05. The molecule has 2 atom stereocenters. The zero-order chi connectivity index (χ0) is 13.3. The predicted octanol–water partition coefficient (Wildman–Crippen LogP) is 1.17. The standard InChI is InChI=1S/C13H22N4O/c1-9(2)11-16-6-7-17(11)10-4-5-13(8-10,15-3)12(14)18/h6-7,9-10,15H,4-5,8H2,1-3H3,(H2,14,18). The van der Waals surface area contributed by atoms with Crippen molar-refractivity contribution in [3.63, 3.8) is 0 Å². The maximum absolute atomic E-state index is 11.6. The number of amides is 1. The van der Waals surface area contributed by atoms with E-state index in [1.54, 1.807) is 0 Å². The Bertz CT molecular complexity index is 440. The summed E-state index contributed by atoms with van der Waals surface area (Å²) in [6.07, 6.45) is 6.33. The highest BCUT2D eigenvalue weighted by Crippen LogP contribution is 2.38. The average Bonchev–Trinajstić information content (AvgIpc) is 2.96. The molecule has 100 valence electrons. The van der Waals surface area contributed by atoms with Crippen LogP contribution in [0.5, 0.6) is 0 Å².